The fraction of sp³-hybridized carbons (Fsp3) is 0.200. The summed E-state index contributed by atoms with van der Waals surface area (Å²) in [5.74, 6) is -2.58. The van der Waals surface area contributed by atoms with Gasteiger partial charge in [-0.2, -0.15) is 0 Å². The molecule has 0 heterocycles. The van der Waals surface area contributed by atoms with E-state index < -0.39 is 23.5 Å². The van der Waals surface area contributed by atoms with Gasteiger partial charge in [-0.3, -0.25) is 4.79 Å². The van der Waals surface area contributed by atoms with Crippen molar-refractivity contribution in [2.45, 2.75) is 19.3 Å². The molecule has 0 saturated heterocycles. The van der Waals surface area contributed by atoms with E-state index in [0.717, 1.165) is 6.07 Å². The number of rotatable bonds is 5. The highest BCUT2D eigenvalue weighted by atomic mass is 19.1. The van der Waals surface area contributed by atoms with Crippen LogP contribution in [0.4, 0.5) is 14.5 Å². The second-order valence-corrected chi connectivity index (χ2v) is 6.11. The zero-order chi connectivity index (χ0) is 19.6. The third kappa shape index (κ3) is 3.81. The van der Waals surface area contributed by atoms with Gasteiger partial charge in [0.05, 0.1) is 12.8 Å². The molecule has 1 amide bonds. The highest BCUT2D eigenvalue weighted by Crippen LogP contribution is 2.33. The molecule has 1 aliphatic rings. The van der Waals surface area contributed by atoms with E-state index in [4.69, 9.17) is 9.84 Å². The van der Waals surface area contributed by atoms with Crippen LogP contribution in [0.3, 0.4) is 0 Å². The second-order valence-electron chi connectivity index (χ2n) is 6.11. The zero-order valence-corrected chi connectivity index (χ0v) is 14.5. The number of amides is 1. The molecule has 0 saturated carbocycles. The molecule has 1 aliphatic carbocycles. The van der Waals surface area contributed by atoms with Crippen LogP contribution in [0.2, 0.25) is 0 Å². The first-order valence-electron chi connectivity index (χ1n) is 8.31. The number of benzene rings is 2. The molecule has 2 N–H and O–H groups in total. The van der Waals surface area contributed by atoms with Crippen molar-refractivity contribution in [3.8, 4) is 16.9 Å². The van der Waals surface area contributed by atoms with E-state index in [9.17, 15) is 18.4 Å². The molecule has 3 rings (SSSR count). The van der Waals surface area contributed by atoms with Crippen molar-refractivity contribution in [3.63, 3.8) is 0 Å². The van der Waals surface area contributed by atoms with Crippen LogP contribution in [0.15, 0.2) is 47.5 Å². The number of ether oxygens (including phenoxy) is 1. The minimum atomic E-state index is -1.13. The van der Waals surface area contributed by atoms with Gasteiger partial charge in [-0.15, -0.1) is 0 Å². The van der Waals surface area contributed by atoms with Crippen LogP contribution in [0.5, 0.6) is 5.75 Å². The molecule has 0 unspecified atom stereocenters. The van der Waals surface area contributed by atoms with Crippen LogP contribution < -0.4 is 10.1 Å². The number of carboxylic acids is 1. The third-order valence-electron chi connectivity index (χ3n) is 4.44. The number of carbonyl (C=O) groups is 2. The highest BCUT2D eigenvalue weighted by molar-refractivity contribution is 6.09. The topological polar surface area (TPSA) is 75.6 Å². The summed E-state index contributed by atoms with van der Waals surface area (Å²) in [5, 5.41) is 11.5. The van der Waals surface area contributed by atoms with Gasteiger partial charge >= 0.3 is 5.97 Å². The van der Waals surface area contributed by atoms with Crippen LogP contribution in [-0.2, 0) is 9.59 Å². The van der Waals surface area contributed by atoms with Crippen LogP contribution in [0, 0.1) is 11.6 Å². The fourth-order valence-electron chi connectivity index (χ4n) is 3.12. The number of carboxylic acid groups (broad SMARTS) is 1. The molecule has 0 aromatic heterocycles. The Bertz CT molecular complexity index is 953. The summed E-state index contributed by atoms with van der Waals surface area (Å²) >= 11 is 0. The van der Waals surface area contributed by atoms with Gasteiger partial charge in [-0.05, 0) is 55.2 Å². The fourth-order valence-corrected chi connectivity index (χ4v) is 3.12. The molecule has 0 bridgehead atoms. The number of hydrogen-bond donors (Lipinski definition) is 2. The van der Waals surface area contributed by atoms with E-state index in [1.165, 1.54) is 37.4 Å². The number of halogens is 2. The molecule has 7 heteroatoms. The number of anilines is 1. The number of hydrogen-bond acceptors (Lipinski definition) is 3. The van der Waals surface area contributed by atoms with E-state index in [2.05, 4.69) is 5.32 Å². The molecule has 27 heavy (non-hydrogen) atoms. The largest absolute Gasteiger partial charge is 0.496 e. The SMILES string of the molecule is COc1ccc(F)cc1-c1ccc(NC(=O)C2=C(C(=O)O)CCC2)c(F)c1. The summed E-state index contributed by atoms with van der Waals surface area (Å²) in [7, 11) is 1.43. The van der Waals surface area contributed by atoms with Gasteiger partial charge < -0.3 is 15.2 Å². The maximum Gasteiger partial charge on any atom is 0.332 e. The second kappa shape index (κ2) is 7.57. The van der Waals surface area contributed by atoms with Gasteiger partial charge in [0.2, 0.25) is 0 Å². The first-order chi connectivity index (χ1) is 12.9. The van der Waals surface area contributed by atoms with Gasteiger partial charge in [0.1, 0.15) is 17.4 Å². The Balaban J connectivity index is 1.88. The summed E-state index contributed by atoms with van der Waals surface area (Å²) in [6.07, 6.45) is 1.23. The maximum atomic E-state index is 14.5. The van der Waals surface area contributed by atoms with Crippen LogP contribution >= 0.6 is 0 Å². The third-order valence-corrected chi connectivity index (χ3v) is 4.44. The molecule has 0 aliphatic heterocycles. The van der Waals surface area contributed by atoms with Crippen LogP contribution in [0.25, 0.3) is 11.1 Å². The minimum Gasteiger partial charge on any atom is -0.496 e. The van der Waals surface area contributed by atoms with E-state index in [1.807, 2.05) is 0 Å². The monoisotopic (exact) mass is 373 g/mol. The molecule has 0 radical (unpaired) electrons. The van der Waals surface area contributed by atoms with Gasteiger partial charge in [-0.1, -0.05) is 6.07 Å². The van der Waals surface area contributed by atoms with Crippen molar-refractivity contribution >= 4 is 17.6 Å². The summed E-state index contributed by atoms with van der Waals surface area (Å²) in [4.78, 5) is 23.5. The summed E-state index contributed by atoms with van der Waals surface area (Å²) in [6.45, 7) is 0. The summed E-state index contributed by atoms with van der Waals surface area (Å²) < 4.78 is 33.2. The Morgan fingerprint density at radius 1 is 1.07 bits per heavy atom. The molecule has 5 nitrogen and oxygen atoms in total. The van der Waals surface area contributed by atoms with Crippen molar-refractivity contribution < 1.29 is 28.2 Å². The van der Waals surface area contributed by atoms with E-state index in [1.54, 1.807) is 0 Å². The number of aliphatic carboxylic acids is 1. The molecule has 2 aromatic carbocycles. The Morgan fingerprint density at radius 2 is 1.81 bits per heavy atom. The lowest BCUT2D eigenvalue weighted by molar-refractivity contribution is -0.133. The van der Waals surface area contributed by atoms with Crippen LogP contribution in [-0.4, -0.2) is 24.1 Å². The number of carbonyl (C=O) groups excluding carboxylic acids is 1. The first kappa shape index (κ1) is 18.6. The highest BCUT2D eigenvalue weighted by Gasteiger charge is 2.25. The van der Waals surface area contributed by atoms with Gasteiger partial charge in [0, 0.05) is 16.7 Å². The Hall–Kier alpha value is -3.22. The van der Waals surface area contributed by atoms with Crippen molar-refractivity contribution in [1.82, 2.24) is 0 Å². The Labute approximate surface area is 154 Å². The van der Waals surface area contributed by atoms with Crippen molar-refractivity contribution in [3.05, 3.63) is 59.2 Å². The maximum absolute atomic E-state index is 14.5. The summed E-state index contributed by atoms with van der Waals surface area (Å²) in [5.41, 5.74) is 0.907. The molecular weight excluding hydrogens is 356 g/mol. The zero-order valence-electron chi connectivity index (χ0n) is 14.5. The van der Waals surface area contributed by atoms with Gasteiger partial charge in [0.25, 0.3) is 5.91 Å². The quantitative estimate of drug-likeness (QED) is 0.826. The average molecular weight is 373 g/mol. The standard InChI is InChI=1S/C20H17F2NO4/c1-27-18-8-6-12(21)10-15(18)11-5-7-17(16(22)9-11)23-19(24)13-3-2-4-14(13)20(25)26/h5-10H,2-4H2,1H3,(H,23,24)(H,25,26). The normalized spacial score (nSPS) is 13.6. The van der Waals surface area contributed by atoms with E-state index in [-0.39, 0.29) is 16.8 Å². The van der Waals surface area contributed by atoms with Crippen molar-refractivity contribution in [2.75, 3.05) is 12.4 Å². The Morgan fingerprint density at radius 3 is 2.48 bits per heavy atom. The van der Waals surface area contributed by atoms with Crippen molar-refractivity contribution in [2.24, 2.45) is 0 Å². The predicted octanol–water partition coefficient (Wildman–Crippen LogP) is 4.14. The number of methoxy groups -OCH3 is 1. The molecule has 140 valence electrons. The van der Waals surface area contributed by atoms with Crippen LogP contribution in [0.1, 0.15) is 19.3 Å². The first-order valence-corrected chi connectivity index (χ1v) is 8.31. The minimum absolute atomic E-state index is 0.0639. The Kier molecular flexibility index (Phi) is 5.21. The smallest absolute Gasteiger partial charge is 0.332 e. The molecule has 0 fully saturated rings. The predicted molar refractivity (Wildman–Crippen MR) is 95.5 cm³/mol. The van der Waals surface area contributed by atoms with Gasteiger partial charge in [-0.25, -0.2) is 13.6 Å². The lowest BCUT2D eigenvalue weighted by atomic mass is 10.0. The lowest BCUT2D eigenvalue weighted by Gasteiger charge is -2.12. The molecular formula is C20H17F2NO4. The number of nitrogens with one attached hydrogen (secondary N) is 1. The molecule has 0 atom stereocenters. The van der Waals surface area contributed by atoms with E-state index >= 15 is 0 Å². The van der Waals surface area contributed by atoms with Gasteiger partial charge in [0.15, 0.2) is 0 Å². The molecule has 0 spiro atoms. The summed E-state index contributed by atoms with van der Waals surface area (Å²) in [6, 6.07) is 7.95. The molecule has 2 aromatic rings. The lowest BCUT2D eigenvalue weighted by Crippen LogP contribution is -2.17. The van der Waals surface area contributed by atoms with E-state index in [0.29, 0.717) is 36.1 Å². The van der Waals surface area contributed by atoms with Crippen molar-refractivity contribution in [1.29, 1.82) is 0 Å². The average Bonchev–Trinajstić information content (AvgIpc) is 3.13.